The smallest absolute Gasteiger partial charge is 0.119 e. The topological polar surface area (TPSA) is 36.7 Å². The van der Waals surface area contributed by atoms with E-state index in [0.717, 1.165) is 15.6 Å². The molecule has 1 heterocycles. The van der Waals surface area contributed by atoms with E-state index in [2.05, 4.69) is 43.1 Å². The van der Waals surface area contributed by atoms with Crippen molar-refractivity contribution in [3.63, 3.8) is 0 Å². The number of pyridine rings is 1. The summed E-state index contributed by atoms with van der Waals surface area (Å²) in [5.41, 5.74) is 4.09. The SMILES string of the molecule is Cc1ccc(C#N)c(Sc2ccc(C)c(C)c2)n1. The highest BCUT2D eigenvalue weighted by atomic mass is 32.2. The summed E-state index contributed by atoms with van der Waals surface area (Å²) >= 11 is 1.54. The lowest BCUT2D eigenvalue weighted by molar-refractivity contribution is 1.05. The summed E-state index contributed by atoms with van der Waals surface area (Å²) in [4.78, 5) is 5.55. The van der Waals surface area contributed by atoms with Gasteiger partial charge in [-0.25, -0.2) is 4.98 Å². The average Bonchev–Trinajstić information content (AvgIpc) is 2.34. The molecule has 0 aliphatic carbocycles. The lowest BCUT2D eigenvalue weighted by atomic mass is 10.1. The Morgan fingerprint density at radius 1 is 1.06 bits per heavy atom. The van der Waals surface area contributed by atoms with Gasteiger partial charge in [-0.2, -0.15) is 5.26 Å². The van der Waals surface area contributed by atoms with Gasteiger partial charge in [-0.15, -0.1) is 0 Å². The van der Waals surface area contributed by atoms with Crippen LogP contribution in [0.25, 0.3) is 0 Å². The molecule has 1 aromatic heterocycles. The summed E-state index contributed by atoms with van der Waals surface area (Å²) in [6.45, 7) is 6.12. The number of nitriles is 1. The summed E-state index contributed by atoms with van der Waals surface area (Å²) in [6, 6.07) is 12.2. The quantitative estimate of drug-likeness (QED) is 0.812. The summed E-state index contributed by atoms with van der Waals surface area (Å²) in [7, 11) is 0. The minimum absolute atomic E-state index is 0.629. The molecule has 0 amide bonds. The van der Waals surface area contributed by atoms with Crippen LogP contribution >= 0.6 is 11.8 Å². The number of hydrogen-bond acceptors (Lipinski definition) is 3. The molecule has 90 valence electrons. The van der Waals surface area contributed by atoms with E-state index in [1.54, 1.807) is 11.8 Å². The number of rotatable bonds is 2. The molecular weight excluding hydrogens is 240 g/mol. The van der Waals surface area contributed by atoms with E-state index in [1.807, 2.05) is 19.1 Å². The molecule has 2 nitrogen and oxygen atoms in total. The Balaban J connectivity index is 2.36. The Morgan fingerprint density at radius 3 is 2.50 bits per heavy atom. The Hall–Kier alpha value is -1.79. The zero-order valence-corrected chi connectivity index (χ0v) is 11.5. The van der Waals surface area contributed by atoms with Crippen LogP contribution in [0, 0.1) is 32.1 Å². The summed E-state index contributed by atoms with van der Waals surface area (Å²) in [5, 5.41) is 9.86. The zero-order valence-electron chi connectivity index (χ0n) is 10.7. The van der Waals surface area contributed by atoms with E-state index in [9.17, 15) is 0 Å². The molecule has 0 bridgehead atoms. The van der Waals surface area contributed by atoms with Gasteiger partial charge in [0.25, 0.3) is 0 Å². The maximum atomic E-state index is 9.08. The molecule has 0 unspecified atom stereocenters. The first kappa shape index (κ1) is 12.7. The van der Waals surface area contributed by atoms with Crippen molar-refractivity contribution in [2.24, 2.45) is 0 Å². The van der Waals surface area contributed by atoms with Crippen molar-refractivity contribution in [2.75, 3.05) is 0 Å². The van der Waals surface area contributed by atoms with Crippen molar-refractivity contribution in [1.29, 1.82) is 5.26 Å². The van der Waals surface area contributed by atoms with Gasteiger partial charge < -0.3 is 0 Å². The molecule has 0 saturated carbocycles. The van der Waals surface area contributed by atoms with Gasteiger partial charge in [0.2, 0.25) is 0 Å². The first-order valence-corrected chi connectivity index (χ1v) is 6.54. The monoisotopic (exact) mass is 254 g/mol. The molecule has 18 heavy (non-hydrogen) atoms. The number of hydrogen-bond donors (Lipinski definition) is 0. The third-order valence-electron chi connectivity index (χ3n) is 2.81. The minimum Gasteiger partial charge on any atom is -0.245 e. The van der Waals surface area contributed by atoms with Crippen LogP contribution in [-0.2, 0) is 0 Å². The normalized spacial score (nSPS) is 10.1. The Labute approximate surface area is 112 Å². The standard InChI is InChI=1S/C15H14N2S/c1-10-4-7-14(8-11(10)2)18-15-13(9-16)6-5-12(3)17-15/h4-8H,1-3H3. The molecule has 2 aromatic rings. The van der Waals surface area contributed by atoms with Gasteiger partial charge in [0.1, 0.15) is 11.1 Å². The number of aromatic nitrogens is 1. The van der Waals surface area contributed by atoms with E-state index in [0.29, 0.717) is 5.56 Å². The first-order valence-electron chi connectivity index (χ1n) is 5.73. The molecule has 2 rings (SSSR count). The van der Waals surface area contributed by atoms with Crippen LogP contribution in [0.4, 0.5) is 0 Å². The zero-order chi connectivity index (χ0) is 13.1. The van der Waals surface area contributed by atoms with Crippen molar-refractivity contribution < 1.29 is 0 Å². The second-order valence-electron chi connectivity index (χ2n) is 4.27. The molecule has 0 spiro atoms. The van der Waals surface area contributed by atoms with Gasteiger partial charge in [0.05, 0.1) is 5.56 Å². The molecule has 0 fully saturated rings. The number of nitrogens with zero attached hydrogens (tertiary/aromatic N) is 2. The summed E-state index contributed by atoms with van der Waals surface area (Å²) in [6.07, 6.45) is 0. The fraction of sp³-hybridized carbons (Fsp3) is 0.200. The van der Waals surface area contributed by atoms with Gasteiger partial charge in [-0.05, 0) is 56.2 Å². The Morgan fingerprint density at radius 2 is 1.83 bits per heavy atom. The largest absolute Gasteiger partial charge is 0.245 e. The van der Waals surface area contributed by atoms with Crippen LogP contribution in [0.5, 0.6) is 0 Å². The Bertz CT molecular complexity index is 627. The van der Waals surface area contributed by atoms with E-state index in [1.165, 1.54) is 11.1 Å². The van der Waals surface area contributed by atoms with Crippen molar-refractivity contribution in [2.45, 2.75) is 30.7 Å². The fourth-order valence-corrected chi connectivity index (χ4v) is 2.59. The molecule has 0 aliphatic rings. The van der Waals surface area contributed by atoms with Crippen molar-refractivity contribution in [1.82, 2.24) is 4.98 Å². The molecular formula is C15H14N2S. The van der Waals surface area contributed by atoms with Crippen LogP contribution < -0.4 is 0 Å². The van der Waals surface area contributed by atoms with Crippen LogP contribution in [0.1, 0.15) is 22.4 Å². The summed E-state index contributed by atoms with van der Waals surface area (Å²) < 4.78 is 0. The second kappa shape index (κ2) is 5.24. The van der Waals surface area contributed by atoms with Crippen LogP contribution in [0.15, 0.2) is 40.3 Å². The summed E-state index contributed by atoms with van der Waals surface area (Å²) in [5.74, 6) is 0. The van der Waals surface area contributed by atoms with E-state index < -0.39 is 0 Å². The van der Waals surface area contributed by atoms with Gasteiger partial charge in [0.15, 0.2) is 0 Å². The molecule has 3 heteroatoms. The van der Waals surface area contributed by atoms with Gasteiger partial charge in [-0.3, -0.25) is 0 Å². The molecule has 0 radical (unpaired) electrons. The average molecular weight is 254 g/mol. The fourth-order valence-electron chi connectivity index (χ4n) is 1.58. The predicted molar refractivity (Wildman–Crippen MR) is 73.7 cm³/mol. The highest BCUT2D eigenvalue weighted by molar-refractivity contribution is 7.99. The highest BCUT2D eigenvalue weighted by Crippen LogP contribution is 2.30. The highest BCUT2D eigenvalue weighted by Gasteiger charge is 2.07. The Kier molecular flexibility index (Phi) is 3.69. The third-order valence-corrected chi connectivity index (χ3v) is 3.81. The van der Waals surface area contributed by atoms with Crippen molar-refractivity contribution >= 4 is 11.8 Å². The van der Waals surface area contributed by atoms with Crippen molar-refractivity contribution in [3.8, 4) is 6.07 Å². The molecule has 0 atom stereocenters. The molecule has 1 aromatic carbocycles. The second-order valence-corrected chi connectivity index (χ2v) is 5.33. The molecule has 0 saturated heterocycles. The third kappa shape index (κ3) is 2.72. The number of benzene rings is 1. The molecule has 0 N–H and O–H groups in total. The van der Waals surface area contributed by atoms with E-state index >= 15 is 0 Å². The van der Waals surface area contributed by atoms with Crippen LogP contribution in [-0.4, -0.2) is 4.98 Å². The first-order chi connectivity index (χ1) is 8.60. The van der Waals surface area contributed by atoms with Gasteiger partial charge in [-0.1, -0.05) is 17.8 Å². The van der Waals surface area contributed by atoms with Gasteiger partial charge >= 0.3 is 0 Å². The predicted octanol–water partition coefficient (Wildman–Crippen LogP) is 4.03. The van der Waals surface area contributed by atoms with E-state index in [4.69, 9.17) is 5.26 Å². The van der Waals surface area contributed by atoms with Crippen molar-refractivity contribution in [3.05, 3.63) is 52.7 Å². The maximum absolute atomic E-state index is 9.08. The molecule has 0 aliphatic heterocycles. The number of aryl methyl sites for hydroxylation is 3. The van der Waals surface area contributed by atoms with Crippen LogP contribution in [0.2, 0.25) is 0 Å². The lowest BCUT2D eigenvalue weighted by Crippen LogP contribution is -1.90. The maximum Gasteiger partial charge on any atom is 0.119 e. The lowest BCUT2D eigenvalue weighted by Gasteiger charge is -2.06. The minimum atomic E-state index is 0.629. The van der Waals surface area contributed by atoms with Gasteiger partial charge in [0, 0.05) is 10.6 Å². The van der Waals surface area contributed by atoms with E-state index in [-0.39, 0.29) is 0 Å². The van der Waals surface area contributed by atoms with Crippen LogP contribution in [0.3, 0.4) is 0 Å².